The lowest BCUT2D eigenvalue weighted by atomic mass is 9.82. The fraction of sp³-hybridized carbons (Fsp3) is 0.333. The van der Waals surface area contributed by atoms with Crippen LogP contribution in [-0.4, -0.2) is 9.78 Å². The Morgan fingerprint density at radius 2 is 1.94 bits per heavy atom. The summed E-state index contributed by atoms with van der Waals surface area (Å²) < 4.78 is 1.79. The van der Waals surface area contributed by atoms with Gasteiger partial charge in [-0.2, -0.15) is 10.4 Å². The van der Waals surface area contributed by atoms with E-state index in [-0.39, 0.29) is 5.41 Å². The first-order chi connectivity index (χ1) is 8.71. The van der Waals surface area contributed by atoms with Crippen molar-refractivity contribution in [2.75, 3.05) is 0 Å². The molecular formula is C15H15N3. The van der Waals surface area contributed by atoms with Crippen molar-refractivity contribution in [2.24, 2.45) is 12.5 Å². The van der Waals surface area contributed by atoms with Gasteiger partial charge in [0.25, 0.3) is 0 Å². The number of benzene rings is 1. The average Bonchev–Trinajstić information content (AvgIpc) is 2.93. The van der Waals surface area contributed by atoms with Crippen molar-refractivity contribution in [1.82, 2.24) is 9.78 Å². The molecule has 1 aliphatic rings. The van der Waals surface area contributed by atoms with E-state index in [2.05, 4.69) is 23.3 Å². The molecule has 2 aromatic rings. The summed E-state index contributed by atoms with van der Waals surface area (Å²) >= 11 is 0. The van der Waals surface area contributed by atoms with Crippen LogP contribution in [0.25, 0.3) is 0 Å². The second-order valence-electron chi connectivity index (χ2n) is 5.17. The molecule has 0 saturated heterocycles. The molecule has 1 heterocycles. The normalized spacial score (nSPS) is 16.2. The van der Waals surface area contributed by atoms with Crippen LogP contribution in [0, 0.1) is 16.7 Å². The third kappa shape index (κ3) is 1.80. The summed E-state index contributed by atoms with van der Waals surface area (Å²) in [4.78, 5) is 0. The molecule has 0 atom stereocenters. The zero-order valence-electron chi connectivity index (χ0n) is 10.4. The molecular weight excluding hydrogens is 222 g/mol. The Bertz CT molecular complexity index is 594. The molecule has 0 amide bonds. The van der Waals surface area contributed by atoms with Gasteiger partial charge in [0, 0.05) is 19.7 Å². The maximum absolute atomic E-state index is 9.57. The van der Waals surface area contributed by atoms with Crippen molar-refractivity contribution in [3.05, 3.63) is 53.3 Å². The van der Waals surface area contributed by atoms with E-state index < -0.39 is 0 Å². The number of rotatable bonds is 2. The predicted molar refractivity (Wildman–Crippen MR) is 68.8 cm³/mol. The molecule has 0 saturated carbocycles. The molecule has 0 fully saturated rings. The highest BCUT2D eigenvalue weighted by Gasteiger charge is 2.38. The van der Waals surface area contributed by atoms with Crippen molar-refractivity contribution >= 4 is 0 Å². The molecule has 3 heteroatoms. The molecule has 0 unspecified atom stereocenters. The Morgan fingerprint density at radius 1 is 1.28 bits per heavy atom. The molecule has 3 rings (SSSR count). The lowest BCUT2D eigenvalue weighted by molar-refractivity contribution is 0.411. The summed E-state index contributed by atoms with van der Waals surface area (Å²) in [5.41, 5.74) is 3.33. The van der Waals surface area contributed by atoms with E-state index in [1.807, 2.05) is 31.4 Å². The zero-order chi connectivity index (χ0) is 12.6. The lowest BCUT2D eigenvalue weighted by Crippen LogP contribution is -2.22. The van der Waals surface area contributed by atoms with Crippen LogP contribution < -0.4 is 0 Å². The van der Waals surface area contributed by atoms with Gasteiger partial charge in [0.15, 0.2) is 0 Å². The Hall–Kier alpha value is -2.08. The molecule has 1 aliphatic carbocycles. The van der Waals surface area contributed by atoms with Crippen LogP contribution in [-0.2, 0) is 26.3 Å². The first kappa shape index (κ1) is 11.0. The summed E-state index contributed by atoms with van der Waals surface area (Å²) in [6.45, 7) is 0. The molecule has 1 aromatic carbocycles. The highest BCUT2D eigenvalue weighted by Crippen LogP contribution is 2.38. The number of hydrogen-bond donors (Lipinski definition) is 0. The molecule has 0 N–H and O–H groups in total. The minimum Gasteiger partial charge on any atom is -0.276 e. The first-order valence-corrected chi connectivity index (χ1v) is 6.17. The quantitative estimate of drug-likeness (QED) is 0.804. The van der Waals surface area contributed by atoms with Crippen LogP contribution in [0.4, 0.5) is 0 Å². The maximum atomic E-state index is 9.57. The Kier molecular flexibility index (Phi) is 2.45. The fourth-order valence-corrected chi connectivity index (χ4v) is 2.84. The number of nitrogens with zero attached hydrogens (tertiary/aromatic N) is 3. The number of aryl methyl sites for hydroxylation is 1. The molecule has 90 valence electrons. The van der Waals surface area contributed by atoms with Gasteiger partial charge in [-0.05, 0) is 30.0 Å². The summed E-state index contributed by atoms with van der Waals surface area (Å²) in [5, 5.41) is 14.0. The van der Waals surface area contributed by atoms with E-state index in [0.29, 0.717) is 0 Å². The third-order valence-corrected chi connectivity index (χ3v) is 3.70. The van der Waals surface area contributed by atoms with E-state index in [9.17, 15) is 5.26 Å². The highest BCUT2D eigenvalue weighted by atomic mass is 15.2. The summed E-state index contributed by atoms with van der Waals surface area (Å²) in [5.74, 6) is 0. The van der Waals surface area contributed by atoms with Crippen LogP contribution in [0.15, 0.2) is 36.5 Å². The fourth-order valence-electron chi connectivity index (χ4n) is 2.84. The van der Waals surface area contributed by atoms with Gasteiger partial charge in [-0.1, -0.05) is 24.3 Å². The molecule has 0 aliphatic heterocycles. The second-order valence-corrected chi connectivity index (χ2v) is 5.17. The zero-order valence-corrected chi connectivity index (χ0v) is 10.4. The van der Waals surface area contributed by atoms with Gasteiger partial charge in [-0.25, -0.2) is 0 Å². The van der Waals surface area contributed by atoms with Gasteiger partial charge < -0.3 is 0 Å². The van der Waals surface area contributed by atoms with E-state index >= 15 is 0 Å². The van der Waals surface area contributed by atoms with Gasteiger partial charge in [0.2, 0.25) is 0 Å². The minimum atomic E-state index is -0.308. The SMILES string of the molecule is Cn1ccc(CC2(C#N)Cc3ccccc3C2)n1. The van der Waals surface area contributed by atoms with E-state index in [1.54, 1.807) is 4.68 Å². The highest BCUT2D eigenvalue weighted by molar-refractivity contribution is 5.37. The molecule has 0 radical (unpaired) electrons. The minimum absolute atomic E-state index is 0.308. The van der Waals surface area contributed by atoms with Gasteiger partial charge in [0.05, 0.1) is 17.2 Å². The van der Waals surface area contributed by atoms with Crippen LogP contribution in [0.2, 0.25) is 0 Å². The van der Waals surface area contributed by atoms with Crippen molar-refractivity contribution in [3.8, 4) is 6.07 Å². The number of hydrogen-bond acceptors (Lipinski definition) is 2. The average molecular weight is 237 g/mol. The van der Waals surface area contributed by atoms with Gasteiger partial charge in [0.1, 0.15) is 0 Å². The Balaban J connectivity index is 1.89. The van der Waals surface area contributed by atoms with Crippen molar-refractivity contribution in [1.29, 1.82) is 5.26 Å². The van der Waals surface area contributed by atoms with Crippen LogP contribution in [0.3, 0.4) is 0 Å². The third-order valence-electron chi connectivity index (χ3n) is 3.70. The molecule has 1 aromatic heterocycles. The molecule has 0 bridgehead atoms. The monoisotopic (exact) mass is 237 g/mol. The number of nitriles is 1. The van der Waals surface area contributed by atoms with Gasteiger partial charge in [-0.3, -0.25) is 4.68 Å². The summed E-state index contributed by atoms with van der Waals surface area (Å²) in [6, 6.07) is 12.9. The van der Waals surface area contributed by atoms with Crippen LogP contribution >= 0.6 is 0 Å². The topological polar surface area (TPSA) is 41.6 Å². The van der Waals surface area contributed by atoms with Crippen molar-refractivity contribution in [3.63, 3.8) is 0 Å². The lowest BCUT2D eigenvalue weighted by Gasteiger charge is -2.18. The van der Waals surface area contributed by atoms with E-state index in [1.165, 1.54) is 11.1 Å². The first-order valence-electron chi connectivity index (χ1n) is 6.17. The molecule has 3 nitrogen and oxygen atoms in total. The predicted octanol–water partition coefficient (Wildman–Crippen LogP) is 2.27. The van der Waals surface area contributed by atoms with Crippen molar-refractivity contribution in [2.45, 2.75) is 19.3 Å². The molecule has 18 heavy (non-hydrogen) atoms. The standard InChI is InChI=1S/C15H15N3/c1-18-7-6-14(17-18)10-15(11-16)8-12-4-2-3-5-13(12)9-15/h2-7H,8-10H2,1H3. The Labute approximate surface area is 107 Å². The van der Waals surface area contributed by atoms with Crippen LogP contribution in [0.1, 0.15) is 16.8 Å². The largest absolute Gasteiger partial charge is 0.276 e. The maximum Gasteiger partial charge on any atom is 0.0710 e. The van der Waals surface area contributed by atoms with Crippen LogP contribution in [0.5, 0.6) is 0 Å². The molecule has 0 spiro atoms. The summed E-state index contributed by atoms with van der Waals surface area (Å²) in [6.07, 6.45) is 4.36. The van der Waals surface area contributed by atoms with Gasteiger partial charge in [-0.15, -0.1) is 0 Å². The smallest absolute Gasteiger partial charge is 0.0710 e. The van der Waals surface area contributed by atoms with E-state index in [4.69, 9.17) is 0 Å². The summed E-state index contributed by atoms with van der Waals surface area (Å²) in [7, 11) is 1.91. The Morgan fingerprint density at radius 3 is 2.44 bits per heavy atom. The van der Waals surface area contributed by atoms with E-state index in [0.717, 1.165) is 25.0 Å². The van der Waals surface area contributed by atoms with Gasteiger partial charge >= 0.3 is 0 Å². The second kappa shape index (κ2) is 3.99. The number of fused-ring (bicyclic) bond motifs is 1. The van der Waals surface area contributed by atoms with Crippen molar-refractivity contribution < 1.29 is 0 Å². The number of aromatic nitrogens is 2.